The third kappa shape index (κ3) is 4.16. The van der Waals surface area contributed by atoms with Crippen LogP contribution < -0.4 is 5.32 Å². The second-order valence-electron chi connectivity index (χ2n) is 6.21. The van der Waals surface area contributed by atoms with E-state index in [9.17, 15) is 0 Å². The summed E-state index contributed by atoms with van der Waals surface area (Å²) in [4.78, 5) is 5.56. The first-order valence-corrected chi connectivity index (χ1v) is 7.03. The van der Waals surface area contributed by atoms with Crippen LogP contribution in [-0.2, 0) is 9.57 Å². The number of thiocarbonyl (C=S) groups is 1. The van der Waals surface area contributed by atoms with Gasteiger partial charge in [-0.2, -0.15) is 5.06 Å². The minimum atomic E-state index is -0.0881. The Labute approximate surface area is 122 Å². The van der Waals surface area contributed by atoms with Gasteiger partial charge in [0.1, 0.15) is 6.10 Å². The van der Waals surface area contributed by atoms with Crippen molar-refractivity contribution >= 4 is 17.4 Å². The van der Waals surface area contributed by atoms with Crippen molar-refractivity contribution in [3.8, 4) is 0 Å². The smallest absolute Gasteiger partial charge is 0.257 e. The van der Waals surface area contributed by atoms with Crippen molar-refractivity contribution in [3.05, 3.63) is 12.7 Å². The summed E-state index contributed by atoms with van der Waals surface area (Å²) in [6, 6.07) is 0. The molecule has 5 heteroatoms. The lowest BCUT2D eigenvalue weighted by atomic mass is 9.80. The summed E-state index contributed by atoms with van der Waals surface area (Å²) < 4.78 is 5.85. The van der Waals surface area contributed by atoms with E-state index in [1.165, 1.54) is 0 Å². The van der Waals surface area contributed by atoms with Crippen molar-refractivity contribution in [1.29, 1.82) is 0 Å². The zero-order valence-corrected chi connectivity index (χ0v) is 13.5. The molecule has 0 unspecified atom stereocenters. The Hall–Kier alpha value is -0.650. The van der Waals surface area contributed by atoms with E-state index in [1.54, 1.807) is 13.2 Å². The monoisotopic (exact) mass is 286 g/mol. The Morgan fingerprint density at radius 2 is 1.89 bits per heavy atom. The second kappa shape index (κ2) is 6.20. The SMILES string of the molecule is C=CCNC(=S)OC1CC(C)(C)N(OC)C(C)(C)C1. The molecule has 1 heterocycles. The number of hydrogen-bond acceptors (Lipinski definition) is 4. The Bertz CT molecular complexity index is 324. The van der Waals surface area contributed by atoms with Gasteiger partial charge in [-0.15, -0.1) is 6.58 Å². The molecule has 0 aromatic heterocycles. The fourth-order valence-corrected chi connectivity index (χ4v) is 3.32. The maximum atomic E-state index is 5.85. The predicted octanol–water partition coefficient (Wildman–Crippen LogP) is 2.65. The summed E-state index contributed by atoms with van der Waals surface area (Å²) in [5.41, 5.74) is -0.176. The minimum absolute atomic E-state index is 0.0881. The van der Waals surface area contributed by atoms with Crippen molar-refractivity contribution in [3.63, 3.8) is 0 Å². The van der Waals surface area contributed by atoms with Crippen LogP contribution in [0.5, 0.6) is 0 Å². The molecule has 1 saturated heterocycles. The first-order valence-electron chi connectivity index (χ1n) is 6.63. The van der Waals surface area contributed by atoms with E-state index >= 15 is 0 Å². The summed E-state index contributed by atoms with van der Waals surface area (Å²) in [5.74, 6) is 0. The number of nitrogens with zero attached hydrogens (tertiary/aromatic N) is 1. The zero-order valence-electron chi connectivity index (χ0n) is 12.7. The van der Waals surface area contributed by atoms with Crippen LogP contribution in [0, 0.1) is 0 Å². The van der Waals surface area contributed by atoms with Crippen LogP contribution in [0.2, 0.25) is 0 Å². The quantitative estimate of drug-likeness (QED) is 0.635. The number of rotatable bonds is 4. The second-order valence-corrected chi connectivity index (χ2v) is 6.58. The summed E-state index contributed by atoms with van der Waals surface area (Å²) >= 11 is 5.18. The topological polar surface area (TPSA) is 33.7 Å². The van der Waals surface area contributed by atoms with Gasteiger partial charge < -0.3 is 14.9 Å². The van der Waals surface area contributed by atoms with Crippen molar-refractivity contribution in [1.82, 2.24) is 10.4 Å². The lowest BCUT2D eigenvalue weighted by Gasteiger charge is -2.52. The highest BCUT2D eigenvalue weighted by Gasteiger charge is 2.47. The van der Waals surface area contributed by atoms with Gasteiger partial charge in [0.15, 0.2) is 0 Å². The summed E-state index contributed by atoms with van der Waals surface area (Å²) in [7, 11) is 1.72. The van der Waals surface area contributed by atoms with Crippen molar-refractivity contribution in [2.24, 2.45) is 0 Å². The number of hydroxylamine groups is 2. The standard InChI is InChI=1S/C14H26N2O2S/c1-7-8-15-12(19)18-11-9-13(2,3)16(17-6)14(4,5)10-11/h7,11H,1,8-10H2,2-6H3,(H,15,19). The van der Waals surface area contributed by atoms with Crippen LogP contribution in [0.25, 0.3) is 0 Å². The summed E-state index contributed by atoms with van der Waals surface area (Å²) in [6.07, 6.45) is 3.61. The highest BCUT2D eigenvalue weighted by atomic mass is 32.1. The van der Waals surface area contributed by atoms with Gasteiger partial charge in [0.05, 0.1) is 7.11 Å². The van der Waals surface area contributed by atoms with Gasteiger partial charge in [0, 0.05) is 30.5 Å². The number of hydrogen-bond donors (Lipinski definition) is 1. The molecule has 0 amide bonds. The molecular formula is C14H26N2O2S. The lowest BCUT2D eigenvalue weighted by Crippen LogP contribution is -2.61. The van der Waals surface area contributed by atoms with Crippen molar-refractivity contribution < 1.29 is 9.57 Å². The first kappa shape index (κ1) is 16.4. The Kier molecular flexibility index (Phi) is 5.35. The molecule has 1 aliphatic heterocycles. The lowest BCUT2D eigenvalue weighted by molar-refractivity contribution is -0.275. The molecule has 0 saturated carbocycles. The molecule has 110 valence electrons. The van der Waals surface area contributed by atoms with E-state index < -0.39 is 0 Å². The highest BCUT2D eigenvalue weighted by Crippen LogP contribution is 2.39. The fraction of sp³-hybridized carbons (Fsp3) is 0.786. The van der Waals surface area contributed by atoms with Crippen LogP contribution in [0.1, 0.15) is 40.5 Å². The van der Waals surface area contributed by atoms with E-state index in [1.807, 2.05) is 0 Å². The molecule has 0 aliphatic carbocycles. The van der Waals surface area contributed by atoms with Gasteiger partial charge in [-0.05, 0) is 39.9 Å². The maximum Gasteiger partial charge on any atom is 0.257 e. The van der Waals surface area contributed by atoms with Crippen LogP contribution >= 0.6 is 12.2 Å². The largest absolute Gasteiger partial charge is 0.468 e. The molecule has 0 aromatic rings. The van der Waals surface area contributed by atoms with Gasteiger partial charge in [-0.3, -0.25) is 0 Å². The normalized spacial score (nSPS) is 22.8. The molecule has 19 heavy (non-hydrogen) atoms. The summed E-state index contributed by atoms with van der Waals surface area (Å²) in [6.45, 7) is 12.9. The van der Waals surface area contributed by atoms with Crippen LogP contribution in [0.3, 0.4) is 0 Å². The zero-order chi connectivity index (χ0) is 14.7. The van der Waals surface area contributed by atoms with Gasteiger partial charge in [-0.1, -0.05) is 6.08 Å². The highest BCUT2D eigenvalue weighted by molar-refractivity contribution is 7.80. The average Bonchev–Trinajstić information content (AvgIpc) is 2.23. The molecule has 0 aromatic carbocycles. The molecule has 1 N–H and O–H groups in total. The molecule has 0 radical (unpaired) electrons. The fourth-order valence-electron chi connectivity index (χ4n) is 3.10. The Balaban J connectivity index is 2.69. The number of piperidine rings is 1. The molecular weight excluding hydrogens is 260 g/mol. The van der Waals surface area contributed by atoms with Gasteiger partial charge in [0.2, 0.25) is 0 Å². The van der Waals surface area contributed by atoms with E-state index in [4.69, 9.17) is 21.8 Å². The third-order valence-electron chi connectivity index (χ3n) is 3.40. The van der Waals surface area contributed by atoms with Crippen LogP contribution in [0.15, 0.2) is 12.7 Å². The average molecular weight is 286 g/mol. The molecule has 1 rings (SSSR count). The van der Waals surface area contributed by atoms with Crippen LogP contribution in [0.4, 0.5) is 0 Å². The van der Waals surface area contributed by atoms with Gasteiger partial charge in [-0.25, -0.2) is 0 Å². The van der Waals surface area contributed by atoms with E-state index in [0.717, 1.165) is 12.8 Å². The Morgan fingerprint density at radius 1 is 1.37 bits per heavy atom. The van der Waals surface area contributed by atoms with E-state index in [0.29, 0.717) is 11.7 Å². The number of nitrogens with one attached hydrogen (secondary N) is 1. The van der Waals surface area contributed by atoms with Crippen molar-refractivity contribution in [2.45, 2.75) is 57.7 Å². The maximum absolute atomic E-state index is 5.85. The number of ether oxygens (including phenoxy) is 1. The predicted molar refractivity (Wildman–Crippen MR) is 81.9 cm³/mol. The van der Waals surface area contributed by atoms with Crippen molar-refractivity contribution in [2.75, 3.05) is 13.7 Å². The third-order valence-corrected chi connectivity index (χ3v) is 3.64. The van der Waals surface area contributed by atoms with Gasteiger partial charge in [0.25, 0.3) is 5.17 Å². The Morgan fingerprint density at radius 3 is 2.32 bits per heavy atom. The molecule has 4 nitrogen and oxygen atoms in total. The summed E-state index contributed by atoms with van der Waals surface area (Å²) in [5, 5.41) is 5.51. The molecule has 0 spiro atoms. The van der Waals surface area contributed by atoms with Crippen LogP contribution in [-0.4, -0.2) is 41.1 Å². The molecule has 0 atom stereocenters. The van der Waals surface area contributed by atoms with E-state index in [-0.39, 0.29) is 17.2 Å². The first-order chi connectivity index (χ1) is 8.73. The molecule has 1 aliphatic rings. The molecule has 1 fully saturated rings. The minimum Gasteiger partial charge on any atom is -0.468 e. The molecule has 0 bridgehead atoms. The van der Waals surface area contributed by atoms with E-state index in [2.05, 4.69) is 44.7 Å². The van der Waals surface area contributed by atoms with Gasteiger partial charge >= 0.3 is 0 Å².